The van der Waals surface area contributed by atoms with E-state index in [0.717, 1.165) is 10.2 Å². The lowest BCUT2D eigenvalue weighted by molar-refractivity contribution is -0.121. The van der Waals surface area contributed by atoms with Gasteiger partial charge in [-0.25, -0.2) is 0 Å². The highest BCUT2D eigenvalue weighted by atomic mass is 79.9. The Hall–Kier alpha value is -1.07. The van der Waals surface area contributed by atoms with Crippen LogP contribution in [0.4, 0.5) is 5.69 Å². The molecular formula is C12H17BrN2O2. The van der Waals surface area contributed by atoms with Gasteiger partial charge in [0.05, 0.1) is 6.61 Å². The topological polar surface area (TPSA) is 50.4 Å². The van der Waals surface area contributed by atoms with Gasteiger partial charge in [0.1, 0.15) is 6.04 Å². The zero-order valence-electron chi connectivity index (χ0n) is 10.00. The number of carbonyl (C=O) groups is 1. The van der Waals surface area contributed by atoms with Crippen molar-refractivity contribution in [1.82, 2.24) is 5.32 Å². The van der Waals surface area contributed by atoms with Gasteiger partial charge in [-0.05, 0) is 31.2 Å². The molecule has 2 N–H and O–H groups in total. The molecule has 0 aliphatic carbocycles. The summed E-state index contributed by atoms with van der Waals surface area (Å²) < 4.78 is 5.88. The van der Waals surface area contributed by atoms with Gasteiger partial charge in [-0.2, -0.15) is 0 Å². The summed E-state index contributed by atoms with van der Waals surface area (Å²) >= 11 is 3.36. The van der Waals surface area contributed by atoms with E-state index >= 15 is 0 Å². The number of methoxy groups -OCH3 is 1. The molecule has 0 saturated carbocycles. The molecule has 1 rings (SSSR count). The van der Waals surface area contributed by atoms with Crippen molar-refractivity contribution in [1.29, 1.82) is 0 Å². The van der Waals surface area contributed by atoms with Crippen molar-refractivity contribution in [3.05, 3.63) is 28.7 Å². The highest BCUT2D eigenvalue weighted by molar-refractivity contribution is 9.10. The second kappa shape index (κ2) is 7.29. The number of carbonyl (C=O) groups excluding carboxylic acids is 1. The summed E-state index contributed by atoms with van der Waals surface area (Å²) in [6.07, 6.45) is 0. The van der Waals surface area contributed by atoms with Crippen molar-refractivity contribution in [2.45, 2.75) is 13.0 Å². The zero-order valence-corrected chi connectivity index (χ0v) is 11.6. The lowest BCUT2D eigenvalue weighted by Crippen LogP contribution is -2.39. The Morgan fingerprint density at radius 3 is 2.65 bits per heavy atom. The largest absolute Gasteiger partial charge is 0.383 e. The minimum atomic E-state index is -0.270. The Balaban J connectivity index is 2.40. The monoisotopic (exact) mass is 300 g/mol. The first-order chi connectivity index (χ1) is 8.13. The molecule has 0 aliphatic heterocycles. The van der Waals surface area contributed by atoms with Gasteiger partial charge >= 0.3 is 0 Å². The Kier molecular flexibility index (Phi) is 6.00. The summed E-state index contributed by atoms with van der Waals surface area (Å²) in [5, 5.41) is 5.90. The summed E-state index contributed by atoms with van der Waals surface area (Å²) in [4.78, 5) is 11.7. The first kappa shape index (κ1) is 14.0. The number of hydrogen-bond acceptors (Lipinski definition) is 3. The maximum absolute atomic E-state index is 11.7. The van der Waals surface area contributed by atoms with Gasteiger partial charge < -0.3 is 15.4 Å². The number of hydrogen-bond donors (Lipinski definition) is 2. The van der Waals surface area contributed by atoms with Crippen molar-refractivity contribution in [3.8, 4) is 0 Å². The normalized spacial score (nSPS) is 11.9. The first-order valence-corrected chi connectivity index (χ1v) is 6.21. The van der Waals surface area contributed by atoms with Gasteiger partial charge in [0.2, 0.25) is 5.91 Å². The fourth-order valence-corrected chi connectivity index (χ4v) is 1.56. The molecule has 0 spiro atoms. The Labute approximate surface area is 110 Å². The fourth-order valence-electron chi connectivity index (χ4n) is 1.29. The summed E-state index contributed by atoms with van der Waals surface area (Å²) in [5.41, 5.74) is 0.919. The summed E-state index contributed by atoms with van der Waals surface area (Å²) in [7, 11) is 1.61. The van der Waals surface area contributed by atoms with E-state index in [1.54, 1.807) is 7.11 Å². The van der Waals surface area contributed by atoms with Crippen molar-refractivity contribution < 1.29 is 9.53 Å². The molecule has 0 bridgehead atoms. The van der Waals surface area contributed by atoms with Crippen LogP contribution in [0.1, 0.15) is 6.92 Å². The van der Waals surface area contributed by atoms with E-state index in [9.17, 15) is 4.79 Å². The fraction of sp³-hybridized carbons (Fsp3) is 0.417. The highest BCUT2D eigenvalue weighted by Gasteiger charge is 2.11. The van der Waals surface area contributed by atoms with Crippen LogP contribution in [0.2, 0.25) is 0 Å². The summed E-state index contributed by atoms with van der Waals surface area (Å²) in [6, 6.07) is 7.43. The van der Waals surface area contributed by atoms with Crippen molar-refractivity contribution in [3.63, 3.8) is 0 Å². The molecule has 4 nitrogen and oxygen atoms in total. The predicted molar refractivity (Wildman–Crippen MR) is 72.1 cm³/mol. The molecule has 0 radical (unpaired) electrons. The van der Waals surface area contributed by atoms with Gasteiger partial charge in [0.15, 0.2) is 0 Å². The standard InChI is InChI=1S/C12H17BrN2O2/c1-9(12(16)14-7-8-17-2)15-11-5-3-10(13)4-6-11/h3-6,9,15H,7-8H2,1-2H3,(H,14,16)/t9-/m0/s1. The number of amides is 1. The van der Waals surface area contributed by atoms with Crippen LogP contribution in [0.3, 0.4) is 0 Å². The molecule has 0 heterocycles. The third kappa shape index (κ3) is 5.19. The molecule has 17 heavy (non-hydrogen) atoms. The number of nitrogens with one attached hydrogen (secondary N) is 2. The van der Waals surface area contributed by atoms with Crippen LogP contribution in [0.25, 0.3) is 0 Å². The van der Waals surface area contributed by atoms with Crippen LogP contribution >= 0.6 is 15.9 Å². The maximum Gasteiger partial charge on any atom is 0.242 e. The Morgan fingerprint density at radius 1 is 1.41 bits per heavy atom. The minimum absolute atomic E-state index is 0.0371. The molecule has 94 valence electrons. The highest BCUT2D eigenvalue weighted by Crippen LogP contribution is 2.14. The number of ether oxygens (including phenoxy) is 1. The molecule has 1 aromatic rings. The van der Waals surface area contributed by atoms with Crippen LogP contribution in [-0.2, 0) is 9.53 Å². The average molecular weight is 301 g/mol. The molecule has 0 aliphatic rings. The van der Waals surface area contributed by atoms with Crippen molar-refractivity contribution in [2.24, 2.45) is 0 Å². The first-order valence-electron chi connectivity index (χ1n) is 5.42. The SMILES string of the molecule is COCCNC(=O)[C@H](C)Nc1ccc(Br)cc1. The van der Waals surface area contributed by atoms with E-state index in [2.05, 4.69) is 26.6 Å². The second-order valence-corrected chi connectivity index (χ2v) is 4.57. The van der Waals surface area contributed by atoms with Crippen LogP contribution in [0.5, 0.6) is 0 Å². The van der Waals surface area contributed by atoms with E-state index in [0.29, 0.717) is 13.2 Å². The molecule has 0 unspecified atom stereocenters. The molecule has 0 saturated heterocycles. The van der Waals surface area contributed by atoms with E-state index < -0.39 is 0 Å². The lowest BCUT2D eigenvalue weighted by atomic mass is 10.2. The van der Waals surface area contributed by atoms with Crippen molar-refractivity contribution >= 4 is 27.5 Å². The smallest absolute Gasteiger partial charge is 0.242 e. The Bertz CT molecular complexity index is 354. The maximum atomic E-state index is 11.7. The second-order valence-electron chi connectivity index (χ2n) is 3.66. The third-order valence-corrected chi connectivity index (χ3v) is 2.75. The number of rotatable bonds is 6. The zero-order chi connectivity index (χ0) is 12.7. The van der Waals surface area contributed by atoms with Gasteiger partial charge in [0, 0.05) is 23.8 Å². The van der Waals surface area contributed by atoms with Gasteiger partial charge in [-0.3, -0.25) is 4.79 Å². The number of halogens is 1. The summed E-state index contributed by atoms with van der Waals surface area (Å²) in [6.45, 7) is 2.88. The molecule has 5 heteroatoms. The van der Waals surface area contributed by atoms with E-state index in [-0.39, 0.29) is 11.9 Å². The van der Waals surface area contributed by atoms with Crippen LogP contribution in [-0.4, -0.2) is 32.2 Å². The van der Waals surface area contributed by atoms with E-state index in [4.69, 9.17) is 4.74 Å². The molecular weight excluding hydrogens is 284 g/mol. The average Bonchev–Trinajstić information content (AvgIpc) is 2.32. The summed E-state index contributed by atoms with van der Waals surface area (Å²) in [5.74, 6) is -0.0371. The van der Waals surface area contributed by atoms with E-state index in [1.807, 2.05) is 31.2 Å². The molecule has 0 fully saturated rings. The minimum Gasteiger partial charge on any atom is -0.383 e. The van der Waals surface area contributed by atoms with Gasteiger partial charge in [0.25, 0.3) is 0 Å². The molecule has 1 amide bonds. The number of anilines is 1. The van der Waals surface area contributed by atoms with Crippen LogP contribution < -0.4 is 10.6 Å². The molecule has 0 aromatic heterocycles. The van der Waals surface area contributed by atoms with Gasteiger partial charge in [-0.15, -0.1) is 0 Å². The quantitative estimate of drug-likeness (QED) is 0.790. The van der Waals surface area contributed by atoms with Crippen LogP contribution in [0.15, 0.2) is 28.7 Å². The molecule has 1 aromatic carbocycles. The molecule has 1 atom stereocenters. The lowest BCUT2D eigenvalue weighted by Gasteiger charge is -2.15. The predicted octanol–water partition coefficient (Wildman–Crippen LogP) is 2.01. The number of benzene rings is 1. The Morgan fingerprint density at radius 2 is 2.06 bits per heavy atom. The van der Waals surface area contributed by atoms with Gasteiger partial charge in [-0.1, -0.05) is 15.9 Å². The third-order valence-electron chi connectivity index (χ3n) is 2.23. The van der Waals surface area contributed by atoms with Crippen LogP contribution in [0, 0.1) is 0 Å². The van der Waals surface area contributed by atoms with Crippen molar-refractivity contribution in [2.75, 3.05) is 25.6 Å². The van der Waals surface area contributed by atoms with E-state index in [1.165, 1.54) is 0 Å².